The second-order valence-corrected chi connectivity index (χ2v) is 7.59. The third-order valence-electron chi connectivity index (χ3n) is 4.28. The third kappa shape index (κ3) is 6.30. The highest BCUT2D eigenvalue weighted by Gasteiger charge is 2.33. The van der Waals surface area contributed by atoms with E-state index in [1.165, 1.54) is 0 Å². The molecule has 2 aromatic rings. The Hall–Kier alpha value is -2.90. The molecule has 2 aromatic carbocycles. The first-order valence-corrected chi connectivity index (χ1v) is 8.89. The summed E-state index contributed by atoms with van der Waals surface area (Å²) in [5, 5.41) is 4.70. The number of alkyl halides is 3. The van der Waals surface area contributed by atoms with Gasteiger partial charge in [0.05, 0.1) is 12.1 Å². The van der Waals surface area contributed by atoms with Crippen molar-refractivity contribution in [1.82, 2.24) is 10.6 Å². The van der Waals surface area contributed by atoms with Crippen molar-refractivity contribution in [2.24, 2.45) is 0 Å². The lowest BCUT2D eigenvalue weighted by atomic mass is 9.87. The van der Waals surface area contributed by atoms with Gasteiger partial charge in [0.2, 0.25) is 5.91 Å². The smallest absolute Gasteiger partial charge is 0.350 e. The zero-order valence-corrected chi connectivity index (χ0v) is 16.3. The molecule has 0 aromatic heterocycles. The number of rotatable bonds is 5. The second-order valence-electron chi connectivity index (χ2n) is 7.59. The van der Waals surface area contributed by atoms with E-state index in [9.17, 15) is 27.2 Å². The van der Waals surface area contributed by atoms with E-state index >= 15 is 0 Å². The lowest BCUT2D eigenvalue weighted by molar-refractivity contribution is -0.138. The van der Waals surface area contributed by atoms with Gasteiger partial charge < -0.3 is 10.6 Å². The van der Waals surface area contributed by atoms with Gasteiger partial charge in [-0.2, -0.15) is 13.2 Å². The molecule has 29 heavy (non-hydrogen) atoms. The molecule has 2 N–H and O–H groups in total. The number of carbonyl (C=O) groups is 2. The summed E-state index contributed by atoms with van der Waals surface area (Å²) in [6.07, 6.45) is -4.74. The molecule has 0 unspecified atom stereocenters. The van der Waals surface area contributed by atoms with Crippen LogP contribution in [0.5, 0.6) is 0 Å². The molecule has 2 rings (SSSR count). The number of benzene rings is 2. The summed E-state index contributed by atoms with van der Waals surface area (Å²) in [5.74, 6) is -2.15. The van der Waals surface area contributed by atoms with Crippen molar-refractivity contribution in [2.45, 2.75) is 38.9 Å². The van der Waals surface area contributed by atoms with Gasteiger partial charge in [-0.3, -0.25) is 9.59 Å². The average molecular weight is 410 g/mol. The van der Waals surface area contributed by atoms with Gasteiger partial charge in [-0.15, -0.1) is 0 Å². The number of carbonyl (C=O) groups excluding carboxylic acids is 2. The number of halogens is 4. The topological polar surface area (TPSA) is 58.2 Å². The molecule has 0 heterocycles. The SMILES string of the molecule is CC(C)(C)c1ccc(C(=O)NCC(=O)NCc2ccc(F)cc2C(F)(F)F)cc1. The van der Waals surface area contributed by atoms with Gasteiger partial charge in [-0.1, -0.05) is 39.0 Å². The fraction of sp³-hybridized carbons (Fsp3) is 0.333. The van der Waals surface area contributed by atoms with E-state index < -0.39 is 42.5 Å². The predicted octanol–water partition coefficient (Wildman–Crippen LogP) is 4.19. The number of amides is 2. The molecule has 0 spiro atoms. The molecule has 4 nitrogen and oxygen atoms in total. The Morgan fingerprint density at radius 3 is 2.10 bits per heavy atom. The fourth-order valence-electron chi connectivity index (χ4n) is 2.61. The van der Waals surface area contributed by atoms with E-state index in [1.54, 1.807) is 12.1 Å². The van der Waals surface area contributed by atoms with E-state index in [0.29, 0.717) is 11.6 Å². The molecule has 0 aliphatic carbocycles. The highest BCUT2D eigenvalue weighted by Crippen LogP contribution is 2.32. The monoisotopic (exact) mass is 410 g/mol. The van der Waals surface area contributed by atoms with Crippen molar-refractivity contribution in [2.75, 3.05) is 6.54 Å². The van der Waals surface area contributed by atoms with Crippen LogP contribution in [0.25, 0.3) is 0 Å². The van der Waals surface area contributed by atoms with Crippen molar-refractivity contribution in [3.63, 3.8) is 0 Å². The zero-order valence-electron chi connectivity index (χ0n) is 16.3. The summed E-state index contributed by atoms with van der Waals surface area (Å²) in [4.78, 5) is 24.0. The normalized spacial score (nSPS) is 11.8. The van der Waals surface area contributed by atoms with Gasteiger partial charge in [0.1, 0.15) is 5.82 Å². The summed E-state index contributed by atoms with van der Waals surface area (Å²) in [5.41, 5.74) is -0.0720. The van der Waals surface area contributed by atoms with Crippen molar-refractivity contribution < 1.29 is 27.2 Å². The number of hydrogen-bond acceptors (Lipinski definition) is 2. The molecule has 0 fully saturated rings. The molecular weight excluding hydrogens is 388 g/mol. The zero-order chi connectivity index (χ0) is 21.8. The molecule has 0 aliphatic heterocycles. The van der Waals surface area contributed by atoms with Crippen LogP contribution in [-0.4, -0.2) is 18.4 Å². The molecular formula is C21H22F4N2O2. The van der Waals surface area contributed by atoms with Crippen molar-refractivity contribution in [1.29, 1.82) is 0 Å². The number of hydrogen-bond donors (Lipinski definition) is 2. The minimum atomic E-state index is -4.74. The first kappa shape index (κ1) is 22.4. The summed E-state index contributed by atoms with van der Waals surface area (Å²) in [6, 6.07) is 9.16. The van der Waals surface area contributed by atoms with E-state index in [2.05, 4.69) is 10.6 Å². The largest absolute Gasteiger partial charge is 0.416 e. The van der Waals surface area contributed by atoms with Crippen LogP contribution in [0.15, 0.2) is 42.5 Å². The first-order valence-electron chi connectivity index (χ1n) is 8.89. The Morgan fingerprint density at radius 1 is 0.931 bits per heavy atom. The van der Waals surface area contributed by atoms with Gasteiger partial charge in [-0.25, -0.2) is 4.39 Å². The highest BCUT2D eigenvalue weighted by molar-refractivity contribution is 5.96. The average Bonchev–Trinajstić information content (AvgIpc) is 2.63. The van der Waals surface area contributed by atoms with Gasteiger partial charge in [0.15, 0.2) is 0 Å². The lowest BCUT2D eigenvalue weighted by Crippen LogP contribution is -2.37. The molecule has 0 atom stereocenters. The summed E-state index contributed by atoms with van der Waals surface area (Å²) < 4.78 is 52.0. The van der Waals surface area contributed by atoms with E-state index in [0.717, 1.165) is 17.7 Å². The van der Waals surface area contributed by atoms with Crippen LogP contribution >= 0.6 is 0 Å². The summed E-state index contributed by atoms with van der Waals surface area (Å²) >= 11 is 0. The molecule has 0 radical (unpaired) electrons. The van der Waals surface area contributed by atoms with Crippen LogP contribution in [0.3, 0.4) is 0 Å². The Bertz CT molecular complexity index is 885. The predicted molar refractivity (Wildman–Crippen MR) is 101 cm³/mol. The molecule has 156 valence electrons. The fourth-order valence-corrected chi connectivity index (χ4v) is 2.61. The van der Waals surface area contributed by atoms with Gasteiger partial charge in [-0.05, 0) is 40.8 Å². The lowest BCUT2D eigenvalue weighted by Gasteiger charge is -2.19. The molecule has 2 amide bonds. The Kier molecular flexibility index (Phi) is 6.66. The molecule has 0 bridgehead atoms. The van der Waals surface area contributed by atoms with E-state index in [1.807, 2.05) is 32.9 Å². The van der Waals surface area contributed by atoms with Crippen LogP contribution in [0.1, 0.15) is 47.8 Å². The maximum Gasteiger partial charge on any atom is 0.416 e. The van der Waals surface area contributed by atoms with Crippen LogP contribution in [0, 0.1) is 5.82 Å². The summed E-state index contributed by atoms with van der Waals surface area (Å²) in [7, 11) is 0. The van der Waals surface area contributed by atoms with Gasteiger partial charge in [0.25, 0.3) is 5.91 Å². The third-order valence-corrected chi connectivity index (χ3v) is 4.28. The maximum atomic E-state index is 13.1. The molecule has 8 heteroatoms. The van der Waals surface area contributed by atoms with E-state index in [4.69, 9.17) is 0 Å². The van der Waals surface area contributed by atoms with Crippen molar-refractivity contribution in [3.05, 3.63) is 70.5 Å². The Balaban J connectivity index is 1.92. The van der Waals surface area contributed by atoms with Gasteiger partial charge in [0, 0.05) is 12.1 Å². The highest BCUT2D eigenvalue weighted by atomic mass is 19.4. The standard InChI is InChI=1S/C21H22F4N2O2/c1-20(2,3)15-7-4-13(5-8-15)19(29)27-12-18(28)26-11-14-6-9-16(22)10-17(14)21(23,24)25/h4-10H,11-12H2,1-3H3,(H,26,28)(H,27,29). The number of nitrogens with one attached hydrogen (secondary N) is 2. The van der Waals surface area contributed by atoms with Crippen LogP contribution in [0.4, 0.5) is 17.6 Å². The first-order chi connectivity index (χ1) is 13.4. The molecule has 0 aliphatic rings. The van der Waals surface area contributed by atoms with Crippen LogP contribution in [0.2, 0.25) is 0 Å². The van der Waals surface area contributed by atoms with Crippen molar-refractivity contribution in [3.8, 4) is 0 Å². The van der Waals surface area contributed by atoms with Crippen LogP contribution in [-0.2, 0) is 22.9 Å². The van der Waals surface area contributed by atoms with Crippen LogP contribution < -0.4 is 10.6 Å². The van der Waals surface area contributed by atoms with Crippen molar-refractivity contribution >= 4 is 11.8 Å². The minimum Gasteiger partial charge on any atom is -0.350 e. The Morgan fingerprint density at radius 2 is 1.55 bits per heavy atom. The quantitative estimate of drug-likeness (QED) is 0.727. The minimum absolute atomic E-state index is 0.0650. The van der Waals surface area contributed by atoms with E-state index in [-0.39, 0.29) is 11.0 Å². The molecule has 0 saturated heterocycles. The van der Waals surface area contributed by atoms with Gasteiger partial charge >= 0.3 is 6.18 Å². The Labute approximate surface area is 166 Å². The summed E-state index contributed by atoms with van der Waals surface area (Å²) in [6.45, 7) is 5.28. The molecule has 0 saturated carbocycles. The maximum absolute atomic E-state index is 13.1. The second kappa shape index (κ2) is 8.63.